The monoisotopic (exact) mass is 330 g/mol. The molecule has 1 aliphatic rings. The quantitative estimate of drug-likeness (QED) is 0.922. The van der Waals surface area contributed by atoms with Crippen molar-refractivity contribution in [3.05, 3.63) is 34.9 Å². The predicted molar refractivity (Wildman–Crippen MR) is 86.4 cm³/mol. The van der Waals surface area contributed by atoms with E-state index >= 15 is 0 Å². The minimum Gasteiger partial charge on any atom is -0.390 e. The van der Waals surface area contributed by atoms with Crippen molar-refractivity contribution in [3.63, 3.8) is 0 Å². The molecule has 0 radical (unpaired) electrons. The van der Waals surface area contributed by atoms with E-state index in [0.29, 0.717) is 24.3 Å². The van der Waals surface area contributed by atoms with Gasteiger partial charge >= 0.3 is 0 Å². The van der Waals surface area contributed by atoms with Crippen molar-refractivity contribution >= 4 is 21.4 Å². The highest BCUT2D eigenvalue weighted by Crippen LogP contribution is 2.37. The molecular weight excluding hydrogens is 308 g/mol. The van der Waals surface area contributed by atoms with E-state index in [9.17, 15) is 13.5 Å². The molecule has 1 aliphatic carbocycles. The largest absolute Gasteiger partial charge is 0.390 e. The Balaban J connectivity index is 2.09. The molecule has 3 atom stereocenters. The van der Waals surface area contributed by atoms with Crippen LogP contribution >= 0.6 is 11.6 Å². The first-order valence-electron chi connectivity index (χ1n) is 7.34. The van der Waals surface area contributed by atoms with Crippen LogP contribution in [0.5, 0.6) is 0 Å². The highest BCUT2D eigenvalue weighted by atomic mass is 35.5. The lowest BCUT2D eigenvalue weighted by Crippen LogP contribution is -2.42. The Morgan fingerprint density at radius 2 is 1.90 bits per heavy atom. The first kappa shape index (κ1) is 16.8. The topological polar surface area (TPSA) is 54.4 Å². The van der Waals surface area contributed by atoms with Gasteiger partial charge < -0.3 is 5.11 Å². The molecule has 1 N–H and O–H groups in total. The molecule has 118 valence electrons. The summed E-state index contributed by atoms with van der Waals surface area (Å²) in [4.78, 5) is 0. The molecule has 1 aromatic carbocycles. The van der Waals surface area contributed by atoms with Gasteiger partial charge in [0.2, 0.25) is 0 Å². The maximum Gasteiger partial charge on any atom is 0.150 e. The van der Waals surface area contributed by atoms with E-state index in [1.807, 2.05) is 31.2 Å². The second kappa shape index (κ2) is 6.27. The fraction of sp³-hybridized carbons (Fsp3) is 0.625. The van der Waals surface area contributed by atoms with Crippen LogP contribution in [0.4, 0.5) is 0 Å². The van der Waals surface area contributed by atoms with Gasteiger partial charge in [-0.05, 0) is 49.8 Å². The molecule has 0 aromatic heterocycles. The third-order valence-electron chi connectivity index (χ3n) is 4.59. The first-order valence-corrected chi connectivity index (χ1v) is 9.67. The van der Waals surface area contributed by atoms with Crippen molar-refractivity contribution in [1.29, 1.82) is 0 Å². The lowest BCUT2D eigenvalue weighted by molar-refractivity contribution is -0.0153. The van der Waals surface area contributed by atoms with Crippen molar-refractivity contribution in [1.82, 2.24) is 0 Å². The number of hydrogen-bond acceptors (Lipinski definition) is 3. The van der Waals surface area contributed by atoms with Crippen molar-refractivity contribution in [2.75, 3.05) is 6.26 Å². The molecule has 3 nitrogen and oxygen atoms in total. The summed E-state index contributed by atoms with van der Waals surface area (Å²) in [6.07, 6.45) is 4.83. The van der Waals surface area contributed by atoms with Gasteiger partial charge in [-0.2, -0.15) is 0 Å². The van der Waals surface area contributed by atoms with Crippen molar-refractivity contribution in [2.45, 2.75) is 49.9 Å². The molecule has 21 heavy (non-hydrogen) atoms. The summed E-state index contributed by atoms with van der Waals surface area (Å²) in [6.45, 7) is 1.82. The van der Waals surface area contributed by atoms with Crippen molar-refractivity contribution in [3.8, 4) is 0 Å². The summed E-state index contributed by atoms with van der Waals surface area (Å²) >= 11 is 5.87. The van der Waals surface area contributed by atoms with Crippen LogP contribution in [0.15, 0.2) is 24.3 Å². The third-order valence-corrected chi connectivity index (χ3v) is 6.48. The SMILES string of the molecule is CC(O)(Cc1ccc(Cl)cc1)C1CCCC(S(C)(=O)=O)C1. The number of halogens is 1. The molecule has 2 rings (SSSR count). The Labute approximate surface area is 132 Å². The van der Waals surface area contributed by atoms with Crippen LogP contribution in [0.25, 0.3) is 0 Å². The van der Waals surface area contributed by atoms with E-state index < -0.39 is 15.4 Å². The summed E-state index contributed by atoms with van der Waals surface area (Å²) in [7, 11) is -3.03. The Morgan fingerprint density at radius 3 is 2.48 bits per heavy atom. The Kier molecular flexibility index (Phi) is 5.01. The highest BCUT2D eigenvalue weighted by Gasteiger charge is 2.38. The summed E-state index contributed by atoms with van der Waals surface area (Å²) in [5, 5.41) is 11.2. The molecule has 0 heterocycles. The number of hydrogen-bond donors (Lipinski definition) is 1. The molecule has 1 fully saturated rings. The first-order chi connectivity index (χ1) is 9.68. The van der Waals surface area contributed by atoms with Crippen LogP contribution in [0.3, 0.4) is 0 Å². The minimum atomic E-state index is -3.03. The number of aliphatic hydroxyl groups is 1. The summed E-state index contributed by atoms with van der Waals surface area (Å²) < 4.78 is 23.5. The van der Waals surface area contributed by atoms with Gasteiger partial charge in [0.1, 0.15) is 9.84 Å². The summed E-state index contributed by atoms with van der Waals surface area (Å²) in [6, 6.07) is 7.45. The second-order valence-electron chi connectivity index (χ2n) is 6.48. The van der Waals surface area contributed by atoms with Crippen LogP contribution in [0.2, 0.25) is 5.02 Å². The van der Waals surface area contributed by atoms with E-state index in [1.165, 1.54) is 6.26 Å². The number of rotatable bonds is 4. The van der Waals surface area contributed by atoms with Crippen molar-refractivity contribution in [2.24, 2.45) is 5.92 Å². The van der Waals surface area contributed by atoms with E-state index in [4.69, 9.17) is 11.6 Å². The van der Waals surface area contributed by atoms with Gasteiger partial charge in [0.15, 0.2) is 0 Å². The molecule has 0 saturated heterocycles. The van der Waals surface area contributed by atoms with Gasteiger partial charge in [0.25, 0.3) is 0 Å². The maximum absolute atomic E-state index is 11.8. The van der Waals surface area contributed by atoms with Gasteiger partial charge in [-0.1, -0.05) is 30.2 Å². The molecule has 1 saturated carbocycles. The smallest absolute Gasteiger partial charge is 0.150 e. The molecule has 0 aliphatic heterocycles. The van der Waals surface area contributed by atoms with E-state index in [0.717, 1.165) is 18.4 Å². The lowest BCUT2D eigenvalue weighted by atomic mass is 9.75. The average Bonchev–Trinajstić information content (AvgIpc) is 2.40. The molecule has 0 spiro atoms. The van der Waals surface area contributed by atoms with Gasteiger partial charge in [-0.25, -0.2) is 8.42 Å². The van der Waals surface area contributed by atoms with Gasteiger partial charge in [-0.3, -0.25) is 0 Å². The maximum atomic E-state index is 11.8. The zero-order valence-electron chi connectivity index (χ0n) is 12.5. The zero-order valence-corrected chi connectivity index (χ0v) is 14.1. The summed E-state index contributed by atoms with van der Waals surface area (Å²) in [5.74, 6) is 0.0154. The van der Waals surface area contributed by atoms with Crippen LogP contribution in [-0.2, 0) is 16.3 Å². The van der Waals surface area contributed by atoms with Crippen LogP contribution in [0, 0.1) is 5.92 Å². The van der Waals surface area contributed by atoms with E-state index in [2.05, 4.69) is 0 Å². The third kappa shape index (κ3) is 4.44. The normalized spacial score (nSPS) is 26.3. The van der Waals surface area contributed by atoms with Crippen LogP contribution < -0.4 is 0 Å². The van der Waals surface area contributed by atoms with Gasteiger partial charge in [-0.15, -0.1) is 0 Å². The molecule has 0 bridgehead atoms. The van der Waals surface area contributed by atoms with Crippen molar-refractivity contribution < 1.29 is 13.5 Å². The van der Waals surface area contributed by atoms with E-state index in [-0.39, 0.29) is 11.2 Å². The summed E-state index contributed by atoms with van der Waals surface area (Å²) in [5.41, 5.74) is 0.128. The van der Waals surface area contributed by atoms with Crippen LogP contribution in [0.1, 0.15) is 38.2 Å². The van der Waals surface area contributed by atoms with E-state index in [1.54, 1.807) is 0 Å². The Bertz CT molecular complexity index is 578. The Hall–Kier alpha value is -0.580. The minimum absolute atomic E-state index is 0.0154. The number of benzene rings is 1. The zero-order chi connectivity index (χ0) is 15.7. The van der Waals surface area contributed by atoms with Crippen LogP contribution in [-0.4, -0.2) is 30.6 Å². The van der Waals surface area contributed by atoms with Gasteiger partial charge in [0.05, 0.1) is 10.9 Å². The standard InChI is InChI=1S/C16H23ClO3S/c1-16(18,11-12-6-8-14(17)9-7-12)13-4-3-5-15(10-13)21(2,19)20/h6-9,13,15,18H,3-5,10-11H2,1-2H3. The molecule has 1 aromatic rings. The lowest BCUT2D eigenvalue weighted by Gasteiger charge is -2.38. The molecule has 3 unspecified atom stereocenters. The highest BCUT2D eigenvalue weighted by molar-refractivity contribution is 7.91. The second-order valence-corrected chi connectivity index (χ2v) is 9.24. The average molecular weight is 331 g/mol. The fourth-order valence-electron chi connectivity index (χ4n) is 3.26. The molecule has 5 heteroatoms. The number of sulfone groups is 1. The predicted octanol–water partition coefficient (Wildman–Crippen LogP) is 3.24. The molecular formula is C16H23ClO3S. The molecule has 0 amide bonds. The van der Waals surface area contributed by atoms with Gasteiger partial charge in [0, 0.05) is 17.7 Å². The Morgan fingerprint density at radius 1 is 1.29 bits per heavy atom. The fourth-order valence-corrected chi connectivity index (χ4v) is 4.56.